The standard InChI is InChI=1S/C15H20N2O2/c1-10-2-5-13(19-10)9-16-12-4-6-14-11(8-12)3-7-15(18)17-14/h4,6,8,10,13,16H,2-3,5,7,9H2,1H3,(H,17,18). The fourth-order valence-corrected chi connectivity index (χ4v) is 2.76. The minimum absolute atomic E-state index is 0.113. The van der Waals surface area contributed by atoms with Crippen LogP contribution in [0.1, 0.15) is 31.7 Å². The molecule has 0 radical (unpaired) electrons. The summed E-state index contributed by atoms with van der Waals surface area (Å²) in [7, 11) is 0. The first-order valence-electron chi connectivity index (χ1n) is 7.03. The smallest absolute Gasteiger partial charge is 0.224 e. The van der Waals surface area contributed by atoms with E-state index >= 15 is 0 Å². The number of aryl methyl sites for hydroxylation is 1. The number of amides is 1. The molecule has 0 saturated carbocycles. The summed E-state index contributed by atoms with van der Waals surface area (Å²) in [5.41, 5.74) is 3.27. The van der Waals surface area contributed by atoms with Crippen LogP contribution in [-0.4, -0.2) is 24.7 Å². The van der Waals surface area contributed by atoms with Gasteiger partial charge in [0.25, 0.3) is 0 Å². The summed E-state index contributed by atoms with van der Waals surface area (Å²) >= 11 is 0. The van der Waals surface area contributed by atoms with Gasteiger partial charge in [0.2, 0.25) is 5.91 Å². The van der Waals surface area contributed by atoms with E-state index in [1.54, 1.807) is 0 Å². The second kappa shape index (κ2) is 5.21. The molecule has 19 heavy (non-hydrogen) atoms. The topological polar surface area (TPSA) is 50.4 Å². The highest BCUT2D eigenvalue weighted by Gasteiger charge is 2.21. The van der Waals surface area contributed by atoms with Gasteiger partial charge in [0, 0.05) is 24.3 Å². The average Bonchev–Trinajstić information content (AvgIpc) is 2.82. The van der Waals surface area contributed by atoms with Crippen molar-refractivity contribution in [3.8, 4) is 0 Å². The Labute approximate surface area is 113 Å². The Bertz CT molecular complexity index is 487. The van der Waals surface area contributed by atoms with Gasteiger partial charge in [0.05, 0.1) is 12.2 Å². The summed E-state index contributed by atoms with van der Waals surface area (Å²) in [6, 6.07) is 6.13. The molecule has 4 nitrogen and oxygen atoms in total. The first-order valence-corrected chi connectivity index (χ1v) is 7.03. The zero-order valence-corrected chi connectivity index (χ0v) is 11.2. The molecule has 2 atom stereocenters. The third-order valence-electron chi connectivity index (χ3n) is 3.85. The van der Waals surface area contributed by atoms with Crippen LogP contribution in [0.5, 0.6) is 0 Å². The Kier molecular flexibility index (Phi) is 3.42. The molecule has 2 unspecified atom stereocenters. The van der Waals surface area contributed by atoms with Crippen LogP contribution in [-0.2, 0) is 16.0 Å². The lowest BCUT2D eigenvalue weighted by Gasteiger charge is -2.19. The van der Waals surface area contributed by atoms with E-state index in [9.17, 15) is 4.79 Å². The molecule has 0 spiro atoms. The number of nitrogens with one attached hydrogen (secondary N) is 2. The molecule has 0 aliphatic carbocycles. The molecular formula is C15H20N2O2. The van der Waals surface area contributed by atoms with Gasteiger partial charge in [0.1, 0.15) is 0 Å². The molecule has 0 aromatic heterocycles. The van der Waals surface area contributed by atoms with E-state index in [1.807, 2.05) is 12.1 Å². The van der Waals surface area contributed by atoms with Crippen molar-refractivity contribution in [2.45, 2.75) is 44.8 Å². The molecule has 1 amide bonds. The van der Waals surface area contributed by atoms with Crippen LogP contribution in [0.3, 0.4) is 0 Å². The predicted octanol–water partition coefficient (Wildman–Crippen LogP) is 2.55. The summed E-state index contributed by atoms with van der Waals surface area (Å²) in [6.45, 7) is 2.98. The van der Waals surface area contributed by atoms with E-state index < -0.39 is 0 Å². The molecule has 1 saturated heterocycles. The van der Waals surface area contributed by atoms with E-state index in [4.69, 9.17) is 4.74 Å². The molecule has 4 heteroatoms. The van der Waals surface area contributed by atoms with Crippen molar-refractivity contribution in [1.82, 2.24) is 0 Å². The zero-order chi connectivity index (χ0) is 13.2. The first-order chi connectivity index (χ1) is 9.20. The Hall–Kier alpha value is -1.55. The van der Waals surface area contributed by atoms with Crippen molar-refractivity contribution in [2.24, 2.45) is 0 Å². The van der Waals surface area contributed by atoms with E-state index in [0.717, 1.165) is 37.2 Å². The van der Waals surface area contributed by atoms with E-state index in [1.165, 1.54) is 5.56 Å². The van der Waals surface area contributed by atoms with E-state index in [2.05, 4.69) is 23.6 Å². The third kappa shape index (κ3) is 2.89. The highest BCUT2D eigenvalue weighted by atomic mass is 16.5. The van der Waals surface area contributed by atoms with Gasteiger partial charge >= 0.3 is 0 Å². The van der Waals surface area contributed by atoms with Gasteiger partial charge in [-0.2, -0.15) is 0 Å². The molecule has 2 aliphatic rings. The molecule has 1 fully saturated rings. The second-order valence-electron chi connectivity index (χ2n) is 5.45. The number of hydrogen-bond donors (Lipinski definition) is 2. The monoisotopic (exact) mass is 260 g/mol. The molecule has 1 aromatic rings. The Morgan fingerprint density at radius 2 is 2.26 bits per heavy atom. The average molecular weight is 260 g/mol. The fourth-order valence-electron chi connectivity index (χ4n) is 2.76. The number of hydrogen-bond acceptors (Lipinski definition) is 3. The minimum atomic E-state index is 0.113. The van der Waals surface area contributed by atoms with Crippen LogP contribution in [0.15, 0.2) is 18.2 Å². The Morgan fingerprint density at radius 1 is 1.37 bits per heavy atom. The van der Waals surface area contributed by atoms with Gasteiger partial charge in [-0.3, -0.25) is 4.79 Å². The zero-order valence-electron chi connectivity index (χ0n) is 11.2. The number of ether oxygens (including phenoxy) is 1. The maximum absolute atomic E-state index is 11.3. The van der Waals surface area contributed by atoms with Crippen LogP contribution in [0.2, 0.25) is 0 Å². The van der Waals surface area contributed by atoms with Crippen molar-refractivity contribution >= 4 is 17.3 Å². The van der Waals surface area contributed by atoms with E-state index in [0.29, 0.717) is 18.6 Å². The summed E-state index contributed by atoms with van der Waals surface area (Å²) in [4.78, 5) is 11.3. The lowest BCUT2D eigenvalue weighted by atomic mass is 10.0. The number of rotatable bonds is 3. The maximum atomic E-state index is 11.3. The summed E-state index contributed by atoms with van der Waals surface area (Å²) < 4.78 is 5.79. The predicted molar refractivity (Wildman–Crippen MR) is 75.5 cm³/mol. The lowest BCUT2D eigenvalue weighted by Crippen LogP contribution is -2.21. The van der Waals surface area contributed by atoms with Crippen LogP contribution in [0, 0.1) is 0 Å². The summed E-state index contributed by atoms with van der Waals surface area (Å²) in [5.74, 6) is 0.113. The van der Waals surface area contributed by atoms with Gasteiger partial charge in [-0.25, -0.2) is 0 Å². The molecule has 0 bridgehead atoms. The molecule has 2 N–H and O–H groups in total. The van der Waals surface area contributed by atoms with Crippen LogP contribution in [0.25, 0.3) is 0 Å². The lowest BCUT2D eigenvalue weighted by molar-refractivity contribution is -0.116. The second-order valence-corrected chi connectivity index (χ2v) is 5.45. The number of anilines is 2. The third-order valence-corrected chi connectivity index (χ3v) is 3.85. The van der Waals surface area contributed by atoms with Crippen molar-refractivity contribution in [2.75, 3.05) is 17.2 Å². The largest absolute Gasteiger partial charge is 0.382 e. The first kappa shape index (κ1) is 12.5. The Morgan fingerprint density at radius 3 is 3.05 bits per heavy atom. The maximum Gasteiger partial charge on any atom is 0.224 e. The molecule has 2 heterocycles. The summed E-state index contributed by atoms with van der Waals surface area (Å²) in [5, 5.41) is 6.33. The minimum Gasteiger partial charge on any atom is -0.382 e. The van der Waals surface area contributed by atoms with Crippen molar-refractivity contribution in [3.63, 3.8) is 0 Å². The highest BCUT2D eigenvalue weighted by Crippen LogP contribution is 2.26. The van der Waals surface area contributed by atoms with Gasteiger partial charge in [-0.15, -0.1) is 0 Å². The van der Waals surface area contributed by atoms with Crippen LogP contribution >= 0.6 is 0 Å². The van der Waals surface area contributed by atoms with Crippen molar-refractivity contribution in [1.29, 1.82) is 0 Å². The summed E-state index contributed by atoms with van der Waals surface area (Å²) in [6.07, 6.45) is 4.42. The Balaban J connectivity index is 1.61. The highest BCUT2D eigenvalue weighted by molar-refractivity contribution is 5.94. The number of carbonyl (C=O) groups excluding carboxylic acids is 1. The van der Waals surface area contributed by atoms with Crippen molar-refractivity contribution < 1.29 is 9.53 Å². The molecule has 102 valence electrons. The van der Waals surface area contributed by atoms with Crippen molar-refractivity contribution in [3.05, 3.63) is 23.8 Å². The van der Waals surface area contributed by atoms with E-state index in [-0.39, 0.29) is 5.91 Å². The fraction of sp³-hybridized carbons (Fsp3) is 0.533. The molecular weight excluding hydrogens is 240 g/mol. The van der Waals surface area contributed by atoms with Gasteiger partial charge in [-0.05, 0) is 49.9 Å². The number of benzene rings is 1. The van der Waals surface area contributed by atoms with Crippen LogP contribution < -0.4 is 10.6 Å². The SMILES string of the molecule is CC1CCC(CNc2ccc3c(c2)CCC(=O)N3)O1. The normalized spacial score (nSPS) is 25.8. The molecule has 3 rings (SSSR count). The quantitative estimate of drug-likeness (QED) is 0.878. The number of fused-ring (bicyclic) bond motifs is 1. The van der Waals surface area contributed by atoms with Gasteiger partial charge in [-0.1, -0.05) is 0 Å². The molecule has 1 aromatic carbocycles. The van der Waals surface area contributed by atoms with Gasteiger partial charge < -0.3 is 15.4 Å². The number of carbonyl (C=O) groups is 1. The van der Waals surface area contributed by atoms with Gasteiger partial charge in [0.15, 0.2) is 0 Å². The van der Waals surface area contributed by atoms with Crippen LogP contribution in [0.4, 0.5) is 11.4 Å². The molecule has 2 aliphatic heterocycles.